The summed E-state index contributed by atoms with van der Waals surface area (Å²) >= 11 is 0. The number of aromatic nitrogens is 2. The van der Waals surface area contributed by atoms with Crippen LogP contribution in [0.15, 0.2) is 30.6 Å². The van der Waals surface area contributed by atoms with E-state index in [0.717, 1.165) is 5.56 Å². The molecule has 0 fully saturated rings. The summed E-state index contributed by atoms with van der Waals surface area (Å²) in [7, 11) is 0. The van der Waals surface area contributed by atoms with E-state index < -0.39 is 4.92 Å². The number of nitrogen functional groups attached to an aromatic ring is 1. The van der Waals surface area contributed by atoms with Crippen LogP contribution >= 0.6 is 0 Å². The van der Waals surface area contributed by atoms with Crippen molar-refractivity contribution in [1.82, 2.24) is 9.97 Å². The van der Waals surface area contributed by atoms with Crippen molar-refractivity contribution in [3.05, 3.63) is 46.3 Å². The van der Waals surface area contributed by atoms with Gasteiger partial charge in [0.25, 0.3) is 0 Å². The van der Waals surface area contributed by atoms with E-state index in [2.05, 4.69) is 20.7 Å². The molecule has 0 bridgehead atoms. The Bertz CT molecular complexity index is 616. The number of hydrogen-bond acceptors (Lipinski definition) is 7. The molecule has 19 heavy (non-hydrogen) atoms. The van der Waals surface area contributed by atoms with Gasteiger partial charge >= 0.3 is 5.69 Å². The van der Waals surface area contributed by atoms with Gasteiger partial charge in [0.15, 0.2) is 0 Å². The number of nitrogens with two attached hydrogens (primary N) is 1. The van der Waals surface area contributed by atoms with E-state index in [-0.39, 0.29) is 17.3 Å². The molecule has 2 aromatic rings. The first kappa shape index (κ1) is 12.7. The quantitative estimate of drug-likeness (QED) is 0.435. The van der Waals surface area contributed by atoms with Crippen LogP contribution in [0.3, 0.4) is 0 Å². The van der Waals surface area contributed by atoms with Crippen LogP contribution in [0.1, 0.15) is 5.56 Å². The molecule has 0 saturated carbocycles. The number of nitrogens with one attached hydrogen (secondary N) is 2. The molecule has 0 unspecified atom stereocenters. The molecule has 0 aliphatic rings. The first-order valence-corrected chi connectivity index (χ1v) is 5.41. The van der Waals surface area contributed by atoms with Crippen LogP contribution in [0.2, 0.25) is 0 Å². The van der Waals surface area contributed by atoms with Gasteiger partial charge in [-0.2, -0.15) is 0 Å². The summed E-state index contributed by atoms with van der Waals surface area (Å²) in [5, 5.41) is 13.9. The second-order valence-corrected chi connectivity index (χ2v) is 3.82. The average molecular weight is 260 g/mol. The first-order valence-electron chi connectivity index (χ1n) is 5.41. The molecule has 1 heterocycles. The highest BCUT2D eigenvalue weighted by atomic mass is 16.6. The summed E-state index contributed by atoms with van der Waals surface area (Å²) in [5.74, 6) is 5.24. The Kier molecular flexibility index (Phi) is 3.53. The molecule has 0 spiro atoms. The van der Waals surface area contributed by atoms with E-state index in [1.807, 2.05) is 25.1 Å². The average Bonchev–Trinajstić information content (AvgIpc) is 2.38. The highest BCUT2D eigenvalue weighted by Crippen LogP contribution is 2.30. The van der Waals surface area contributed by atoms with Crippen LogP contribution in [-0.2, 0) is 0 Å². The van der Waals surface area contributed by atoms with Crippen molar-refractivity contribution in [2.24, 2.45) is 5.84 Å². The number of hydrogen-bond donors (Lipinski definition) is 3. The number of nitro groups is 1. The zero-order valence-corrected chi connectivity index (χ0v) is 10.1. The second kappa shape index (κ2) is 5.27. The molecule has 1 aromatic heterocycles. The molecule has 98 valence electrons. The maximum Gasteiger partial charge on any atom is 0.354 e. The molecule has 8 heteroatoms. The minimum Gasteiger partial charge on any atom is -0.334 e. The fraction of sp³-hybridized carbons (Fsp3) is 0.0909. The number of aryl methyl sites for hydroxylation is 1. The zero-order chi connectivity index (χ0) is 13.8. The maximum absolute atomic E-state index is 11.0. The third-order valence-electron chi connectivity index (χ3n) is 2.42. The van der Waals surface area contributed by atoms with E-state index in [1.54, 1.807) is 6.07 Å². The Labute approximate surface area is 108 Å². The van der Waals surface area contributed by atoms with E-state index in [0.29, 0.717) is 5.69 Å². The molecule has 8 nitrogen and oxygen atoms in total. The Morgan fingerprint density at radius 1 is 1.32 bits per heavy atom. The zero-order valence-electron chi connectivity index (χ0n) is 10.1. The van der Waals surface area contributed by atoms with Crippen LogP contribution in [0, 0.1) is 17.0 Å². The van der Waals surface area contributed by atoms with Gasteiger partial charge in [0, 0.05) is 5.69 Å². The lowest BCUT2D eigenvalue weighted by Gasteiger charge is -2.08. The molecule has 0 radical (unpaired) electrons. The van der Waals surface area contributed by atoms with E-state index in [1.165, 1.54) is 6.33 Å². The minimum absolute atomic E-state index is 0.0462. The van der Waals surface area contributed by atoms with Crippen molar-refractivity contribution in [2.75, 3.05) is 10.7 Å². The van der Waals surface area contributed by atoms with Gasteiger partial charge in [-0.15, -0.1) is 0 Å². The molecule has 2 rings (SSSR count). The van der Waals surface area contributed by atoms with Crippen LogP contribution in [0.5, 0.6) is 0 Å². The molecule has 0 aliphatic carbocycles. The van der Waals surface area contributed by atoms with Gasteiger partial charge in [-0.3, -0.25) is 10.1 Å². The SMILES string of the molecule is Cc1cccc(Nc2ncnc(NN)c2[N+](=O)[O-])c1. The Balaban J connectivity index is 2.42. The van der Waals surface area contributed by atoms with Crippen LogP contribution in [0.4, 0.5) is 23.0 Å². The number of anilines is 3. The highest BCUT2D eigenvalue weighted by Gasteiger charge is 2.22. The van der Waals surface area contributed by atoms with Gasteiger partial charge in [0.2, 0.25) is 11.6 Å². The van der Waals surface area contributed by atoms with Crippen LogP contribution in [0.25, 0.3) is 0 Å². The molecular weight excluding hydrogens is 248 g/mol. The number of hydrazine groups is 1. The standard InChI is InChI=1S/C11H12N6O2/c1-7-3-2-4-8(5-7)15-10-9(17(18)19)11(16-12)14-6-13-10/h2-6H,12H2,1H3,(H2,13,14,15,16). The topological polar surface area (TPSA) is 119 Å². The summed E-state index contributed by atoms with van der Waals surface area (Å²) in [4.78, 5) is 18.0. The second-order valence-electron chi connectivity index (χ2n) is 3.82. The van der Waals surface area contributed by atoms with Gasteiger partial charge in [-0.05, 0) is 24.6 Å². The van der Waals surface area contributed by atoms with Gasteiger partial charge in [-0.1, -0.05) is 12.1 Å². The van der Waals surface area contributed by atoms with Crippen LogP contribution in [-0.4, -0.2) is 14.9 Å². The molecule has 4 N–H and O–H groups in total. The third-order valence-corrected chi connectivity index (χ3v) is 2.42. The summed E-state index contributed by atoms with van der Waals surface area (Å²) in [6, 6.07) is 7.40. The lowest BCUT2D eigenvalue weighted by Crippen LogP contribution is -2.12. The lowest BCUT2D eigenvalue weighted by atomic mass is 10.2. The van der Waals surface area contributed by atoms with E-state index in [9.17, 15) is 10.1 Å². The Morgan fingerprint density at radius 3 is 2.68 bits per heavy atom. The predicted molar refractivity (Wildman–Crippen MR) is 71.0 cm³/mol. The van der Waals surface area contributed by atoms with Gasteiger partial charge in [0.05, 0.1) is 4.92 Å². The Morgan fingerprint density at radius 2 is 2.05 bits per heavy atom. The maximum atomic E-state index is 11.0. The minimum atomic E-state index is -0.590. The molecule has 0 atom stereocenters. The molecule has 0 saturated heterocycles. The van der Waals surface area contributed by atoms with Crippen molar-refractivity contribution in [1.29, 1.82) is 0 Å². The van der Waals surface area contributed by atoms with Gasteiger partial charge < -0.3 is 10.7 Å². The van der Waals surface area contributed by atoms with E-state index >= 15 is 0 Å². The molecule has 0 aliphatic heterocycles. The van der Waals surface area contributed by atoms with Crippen molar-refractivity contribution in [3.63, 3.8) is 0 Å². The normalized spacial score (nSPS) is 10.0. The van der Waals surface area contributed by atoms with Crippen molar-refractivity contribution >= 4 is 23.0 Å². The summed E-state index contributed by atoms with van der Waals surface area (Å²) in [6.45, 7) is 1.92. The lowest BCUT2D eigenvalue weighted by molar-refractivity contribution is -0.383. The number of rotatable bonds is 4. The summed E-state index contributed by atoms with van der Waals surface area (Å²) in [5.41, 5.74) is 3.61. The predicted octanol–water partition coefficient (Wildman–Crippen LogP) is 1.72. The highest BCUT2D eigenvalue weighted by molar-refractivity contribution is 5.73. The largest absolute Gasteiger partial charge is 0.354 e. The Hall–Kier alpha value is -2.74. The van der Waals surface area contributed by atoms with Crippen molar-refractivity contribution in [3.8, 4) is 0 Å². The summed E-state index contributed by atoms with van der Waals surface area (Å²) in [6.07, 6.45) is 1.19. The smallest absolute Gasteiger partial charge is 0.334 e. The van der Waals surface area contributed by atoms with Crippen LogP contribution < -0.4 is 16.6 Å². The summed E-state index contributed by atoms with van der Waals surface area (Å²) < 4.78 is 0. The molecule has 1 aromatic carbocycles. The van der Waals surface area contributed by atoms with Gasteiger partial charge in [-0.25, -0.2) is 15.8 Å². The number of nitrogens with zero attached hydrogens (tertiary/aromatic N) is 3. The monoisotopic (exact) mass is 260 g/mol. The third kappa shape index (κ3) is 2.75. The fourth-order valence-electron chi connectivity index (χ4n) is 1.61. The van der Waals surface area contributed by atoms with Gasteiger partial charge in [0.1, 0.15) is 6.33 Å². The first-order chi connectivity index (χ1) is 9.11. The van der Waals surface area contributed by atoms with Crippen molar-refractivity contribution < 1.29 is 4.92 Å². The van der Waals surface area contributed by atoms with Crippen molar-refractivity contribution in [2.45, 2.75) is 6.92 Å². The van der Waals surface area contributed by atoms with E-state index in [4.69, 9.17) is 5.84 Å². The number of benzene rings is 1. The molecular formula is C11H12N6O2. The fourth-order valence-corrected chi connectivity index (χ4v) is 1.61. The molecule has 0 amide bonds.